The Morgan fingerprint density at radius 1 is 1.04 bits per heavy atom. The Kier molecular flexibility index (Phi) is 10.4. The van der Waals surface area contributed by atoms with Gasteiger partial charge >= 0.3 is 0 Å². The summed E-state index contributed by atoms with van der Waals surface area (Å²) in [5, 5.41) is 7.29. The van der Waals surface area contributed by atoms with Crippen LogP contribution in [0.5, 0.6) is 0 Å². The molecule has 6 nitrogen and oxygen atoms in total. The second-order valence-corrected chi connectivity index (χ2v) is 7.91. The van der Waals surface area contributed by atoms with E-state index < -0.39 is 10.0 Å². The number of nitrogens with zero attached hydrogens (tertiary/aromatic N) is 1. The quantitative estimate of drug-likeness (QED) is 0.217. The summed E-state index contributed by atoms with van der Waals surface area (Å²) in [6.45, 7) is 1.06. The summed E-state index contributed by atoms with van der Waals surface area (Å²) in [6, 6.07) is 13.5. The van der Waals surface area contributed by atoms with Crippen molar-refractivity contribution >= 4 is 63.2 Å². The van der Waals surface area contributed by atoms with Crippen LogP contribution < -0.4 is 15.4 Å². The molecule has 3 N–H and O–H groups in total. The van der Waals surface area contributed by atoms with Gasteiger partial charge in [-0.05, 0) is 29.8 Å². The molecule has 0 radical (unpaired) electrons. The summed E-state index contributed by atoms with van der Waals surface area (Å²) in [5.41, 5.74) is 0.879. The zero-order valence-electron chi connectivity index (χ0n) is 14.6. The molecular weight excluding hydrogens is 522 g/mol. The van der Waals surface area contributed by atoms with Crippen molar-refractivity contribution in [3.05, 3.63) is 64.1 Å². The van der Waals surface area contributed by atoms with Crippen molar-refractivity contribution in [2.24, 2.45) is 4.99 Å². The number of guanidine groups is 1. The van der Waals surface area contributed by atoms with Crippen LogP contribution in [0, 0.1) is 0 Å². The van der Waals surface area contributed by atoms with Crippen LogP contribution in [0.25, 0.3) is 0 Å². The molecule has 2 aromatic carbocycles. The summed E-state index contributed by atoms with van der Waals surface area (Å²) in [4.78, 5) is 4.33. The van der Waals surface area contributed by atoms with E-state index in [1.54, 1.807) is 49.5 Å². The van der Waals surface area contributed by atoms with Crippen LogP contribution in [0.4, 0.5) is 0 Å². The zero-order valence-corrected chi connectivity index (χ0v) is 19.2. The van der Waals surface area contributed by atoms with Crippen LogP contribution in [0.1, 0.15) is 5.56 Å². The van der Waals surface area contributed by atoms with Gasteiger partial charge in [-0.25, -0.2) is 13.1 Å². The van der Waals surface area contributed by atoms with Crippen LogP contribution in [0.15, 0.2) is 58.4 Å². The molecule has 0 bridgehead atoms. The molecule has 0 heterocycles. The van der Waals surface area contributed by atoms with Gasteiger partial charge in [0.05, 0.1) is 4.90 Å². The molecule has 0 aliphatic carbocycles. The number of nitrogens with one attached hydrogen (secondary N) is 3. The third-order valence-corrected chi connectivity index (χ3v) is 5.51. The maximum atomic E-state index is 12.1. The number of halogens is 3. The van der Waals surface area contributed by atoms with Gasteiger partial charge in [0.2, 0.25) is 10.0 Å². The van der Waals surface area contributed by atoms with Crippen LogP contribution in [-0.2, 0) is 16.6 Å². The second-order valence-electron chi connectivity index (χ2n) is 5.30. The minimum atomic E-state index is -3.51. The van der Waals surface area contributed by atoms with Crippen molar-refractivity contribution in [2.75, 3.05) is 20.1 Å². The Morgan fingerprint density at radius 3 is 2.37 bits per heavy atom. The molecule has 2 rings (SSSR count). The van der Waals surface area contributed by atoms with Crippen LogP contribution in [-0.4, -0.2) is 34.5 Å². The van der Waals surface area contributed by atoms with Gasteiger partial charge in [0, 0.05) is 36.7 Å². The van der Waals surface area contributed by atoms with E-state index in [2.05, 4.69) is 20.3 Å². The van der Waals surface area contributed by atoms with E-state index in [0.717, 1.165) is 5.56 Å². The average molecular weight is 543 g/mol. The lowest BCUT2D eigenvalue weighted by Gasteiger charge is -2.13. The van der Waals surface area contributed by atoms with Gasteiger partial charge in [0.1, 0.15) is 0 Å². The Labute approximate surface area is 186 Å². The standard InChI is InChI=1S/C17H20Cl2N4O2S.HI/c1-20-17(22-12-13-7-8-14(18)11-16(13)19)21-9-10-23-26(24,25)15-5-3-2-4-6-15;/h2-8,11,23H,9-10,12H2,1H3,(H2,20,21,22);1H. The molecule has 0 fully saturated rings. The molecule has 0 saturated heterocycles. The highest BCUT2D eigenvalue weighted by atomic mass is 127. The lowest BCUT2D eigenvalue weighted by atomic mass is 10.2. The van der Waals surface area contributed by atoms with Crippen LogP contribution >= 0.6 is 47.2 Å². The van der Waals surface area contributed by atoms with Gasteiger partial charge in [-0.15, -0.1) is 24.0 Å². The third-order valence-electron chi connectivity index (χ3n) is 3.45. The van der Waals surface area contributed by atoms with Crippen molar-refractivity contribution in [1.82, 2.24) is 15.4 Å². The topological polar surface area (TPSA) is 82.6 Å². The minimum absolute atomic E-state index is 0. The fourth-order valence-corrected chi connectivity index (χ4v) is 3.64. The third kappa shape index (κ3) is 7.82. The molecule has 27 heavy (non-hydrogen) atoms. The lowest BCUT2D eigenvalue weighted by molar-refractivity contribution is 0.580. The fourth-order valence-electron chi connectivity index (χ4n) is 2.11. The smallest absolute Gasteiger partial charge is 0.240 e. The summed E-state index contributed by atoms with van der Waals surface area (Å²) in [6.07, 6.45) is 0. The summed E-state index contributed by atoms with van der Waals surface area (Å²) < 4.78 is 26.8. The van der Waals surface area contributed by atoms with Gasteiger partial charge < -0.3 is 10.6 Å². The largest absolute Gasteiger partial charge is 0.355 e. The highest BCUT2D eigenvalue weighted by Crippen LogP contribution is 2.20. The first-order valence-electron chi connectivity index (χ1n) is 7.85. The predicted molar refractivity (Wildman–Crippen MR) is 122 cm³/mol. The predicted octanol–water partition coefficient (Wildman–Crippen LogP) is 3.25. The zero-order chi connectivity index (χ0) is 19.0. The van der Waals surface area contributed by atoms with Crippen molar-refractivity contribution < 1.29 is 8.42 Å². The highest BCUT2D eigenvalue weighted by molar-refractivity contribution is 14.0. The first-order valence-corrected chi connectivity index (χ1v) is 10.1. The first kappa shape index (κ1) is 24.0. The molecule has 0 aromatic heterocycles. The van der Waals surface area contributed by atoms with E-state index in [0.29, 0.717) is 29.1 Å². The lowest BCUT2D eigenvalue weighted by Crippen LogP contribution is -2.41. The number of benzene rings is 2. The molecule has 0 aliphatic heterocycles. The molecule has 0 atom stereocenters. The summed E-state index contributed by atoms with van der Waals surface area (Å²) >= 11 is 12.0. The van der Waals surface area contributed by atoms with Gasteiger partial charge in [0.15, 0.2) is 5.96 Å². The Morgan fingerprint density at radius 2 is 1.74 bits per heavy atom. The maximum Gasteiger partial charge on any atom is 0.240 e. The molecule has 148 valence electrons. The maximum absolute atomic E-state index is 12.1. The van der Waals surface area contributed by atoms with Crippen molar-refractivity contribution in [1.29, 1.82) is 0 Å². The highest BCUT2D eigenvalue weighted by Gasteiger charge is 2.12. The molecule has 0 spiro atoms. The van der Waals surface area contributed by atoms with Gasteiger partial charge in [-0.3, -0.25) is 4.99 Å². The SMILES string of the molecule is CN=C(NCCNS(=O)(=O)c1ccccc1)NCc1ccc(Cl)cc1Cl.I. The Hall–Kier alpha value is -1.07. The molecule has 0 unspecified atom stereocenters. The Balaban J connectivity index is 0.00000364. The van der Waals surface area contributed by atoms with Gasteiger partial charge in [-0.2, -0.15) is 0 Å². The van der Waals surface area contributed by atoms with E-state index in [-0.39, 0.29) is 35.4 Å². The van der Waals surface area contributed by atoms with Crippen LogP contribution in [0.3, 0.4) is 0 Å². The van der Waals surface area contributed by atoms with E-state index in [1.165, 1.54) is 0 Å². The van der Waals surface area contributed by atoms with Crippen molar-refractivity contribution in [2.45, 2.75) is 11.4 Å². The van der Waals surface area contributed by atoms with E-state index >= 15 is 0 Å². The summed E-state index contributed by atoms with van der Waals surface area (Å²) in [5.74, 6) is 0.537. The first-order chi connectivity index (χ1) is 12.4. The van der Waals surface area contributed by atoms with E-state index in [1.807, 2.05) is 6.07 Å². The molecule has 0 aliphatic rings. The molecular formula is C17H21Cl2IN4O2S. The Bertz CT molecular complexity index is 864. The number of rotatable bonds is 7. The minimum Gasteiger partial charge on any atom is -0.355 e. The number of hydrogen-bond acceptors (Lipinski definition) is 3. The normalized spacial score (nSPS) is 11.6. The molecule has 10 heteroatoms. The number of sulfonamides is 1. The number of hydrogen-bond donors (Lipinski definition) is 3. The van der Waals surface area contributed by atoms with Crippen molar-refractivity contribution in [3.8, 4) is 0 Å². The molecule has 2 aromatic rings. The van der Waals surface area contributed by atoms with Gasteiger partial charge in [-0.1, -0.05) is 47.5 Å². The fraction of sp³-hybridized carbons (Fsp3) is 0.235. The number of aliphatic imine (C=N–C) groups is 1. The second kappa shape index (κ2) is 11.7. The van der Waals surface area contributed by atoms with E-state index in [4.69, 9.17) is 23.2 Å². The van der Waals surface area contributed by atoms with Crippen molar-refractivity contribution in [3.63, 3.8) is 0 Å². The van der Waals surface area contributed by atoms with E-state index in [9.17, 15) is 8.42 Å². The van der Waals surface area contributed by atoms with Crippen LogP contribution in [0.2, 0.25) is 10.0 Å². The monoisotopic (exact) mass is 542 g/mol. The van der Waals surface area contributed by atoms with Gasteiger partial charge in [0.25, 0.3) is 0 Å². The molecule has 0 saturated carbocycles. The average Bonchev–Trinajstić information content (AvgIpc) is 2.63. The molecule has 0 amide bonds. The summed E-state index contributed by atoms with van der Waals surface area (Å²) in [7, 11) is -1.88.